The molecule has 0 radical (unpaired) electrons. The van der Waals surface area contributed by atoms with Crippen LogP contribution in [0.5, 0.6) is 0 Å². The summed E-state index contributed by atoms with van der Waals surface area (Å²) in [7, 11) is 0. The standard InChI is InChI=1S/C15H20F14N2O/c1-4-31(6-5-30-15(27,28)29)10(14(24,25)26)12(19,20)8(3)32-7(2)11(17,18)9(16)13(21,22)23/h7-10,30H,4-6H2,1-3H3. The maximum absolute atomic E-state index is 14.6. The Morgan fingerprint density at radius 1 is 0.750 bits per heavy atom. The summed E-state index contributed by atoms with van der Waals surface area (Å²) in [5, 5.41) is 0.820. The molecular formula is C15H20F14N2O. The summed E-state index contributed by atoms with van der Waals surface area (Å²) in [6.45, 7) is -2.28. The summed E-state index contributed by atoms with van der Waals surface area (Å²) in [6, 6.07) is -3.85. The second kappa shape index (κ2) is 10.4. The molecular weight excluding hydrogens is 490 g/mol. The van der Waals surface area contributed by atoms with Crippen LogP contribution in [0.3, 0.4) is 0 Å². The predicted octanol–water partition coefficient (Wildman–Crippen LogP) is 5.31. The van der Waals surface area contributed by atoms with Crippen molar-refractivity contribution < 1.29 is 66.2 Å². The van der Waals surface area contributed by atoms with Crippen LogP contribution >= 0.6 is 0 Å². The molecule has 0 aromatic carbocycles. The third kappa shape index (κ3) is 8.35. The predicted molar refractivity (Wildman–Crippen MR) is 82.0 cm³/mol. The molecule has 0 aliphatic heterocycles. The average molecular weight is 510 g/mol. The van der Waals surface area contributed by atoms with Gasteiger partial charge in [0.2, 0.25) is 0 Å². The summed E-state index contributed by atoms with van der Waals surface area (Å²) >= 11 is 0. The van der Waals surface area contributed by atoms with E-state index in [0.29, 0.717) is 0 Å². The molecule has 4 unspecified atom stereocenters. The lowest BCUT2D eigenvalue weighted by Crippen LogP contribution is -2.62. The number of halogens is 14. The average Bonchev–Trinajstić information content (AvgIpc) is 2.56. The van der Waals surface area contributed by atoms with Crippen molar-refractivity contribution in [1.82, 2.24) is 10.2 Å². The molecule has 0 aliphatic rings. The fourth-order valence-electron chi connectivity index (χ4n) is 2.61. The number of nitrogens with one attached hydrogen (secondary N) is 1. The van der Waals surface area contributed by atoms with Crippen molar-refractivity contribution in [2.24, 2.45) is 0 Å². The Morgan fingerprint density at radius 3 is 1.53 bits per heavy atom. The van der Waals surface area contributed by atoms with Crippen molar-refractivity contribution in [3.63, 3.8) is 0 Å². The van der Waals surface area contributed by atoms with E-state index in [4.69, 9.17) is 0 Å². The summed E-state index contributed by atoms with van der Waals surface area (Å²) in [6.07, 6.45) is -28.2. The zero-order valence-corrected chi connectivity index (χ0v) is 16.6. The quantitative estimate of drug-likeness (QED) is 0.301. The van der Waals surface area contributed by atoms with Crippen molar-refractivity contribution in [2.45, 2.75) is 75.7 Å². The van der Waals surface area contributed by atoms with Gasteiger partial charge in [0.1, 0.15) is 12.2 Å². The minimum absolute atomic E-state index is 0.0539. The van der Waals surface area contributed by atoms with Gasteiger partial charge in [-0.25, -0.2) is 27.3 Å². The maximum atomic E-state index is 14.6. The molecule has 32 heavy (non-hydrogen) atoms. The molecule has 0 aromatic heterocycles. The van der Waals surface area contributed by atoms with Crippen LogP contribution in [-0.4, -0.2) is 79.5 Å². The highest BCUT2D eigenvalue weighted by molar-refractivity contribution is 4.97. The molecule has 1 N–H and O–H groups in total. The molecule has 0 aliphatic carbocycles. The van der Waals surface area contributed by atoms with Gasteiger partial charge >= 0.3 is 24.6 Å². The van der Waals surface area contributed by atoms with Gasteiger partial charge in [0.05, 0.1) is 0 Å². The van der Waals surface area contributed by atoms with Crippen LogP contribution in [0.15, 0.2) is 0 Å². The first-order valence-electron chi connectivity index (χ1n) is 8.73. The third-order valence-corrected chi connectivity index (χ3v) is 4.29. The molecule has 0 spiro atoms. The Kier molecular flexibility index (Phi) is 10.1. The summed E-state index contributed by atoms with van der Waals surface area (Å²) in [5.74, 6) is -10.6. The van der Waals surface area contributed by atoms with Crippen LogP contribution in [0.1, 0.15) is 20.8 Å². The molecule has 0 amide bonds. The van der Waals surface area contributed by atoms with Gasteiger partial charge in [-0.3, -0.25) is 4.90 Å². The lowest BCUT2D eigenvalue weighted by Gasteiger charge is -2.41. The van der Waals surface area contributed by atoms with Gasteiger partial charge in [-0.2, -0.15) is 39.5 Å². The fraction of sp³-hybridized carbons (Fsp3) is 1.00. The second-order valence-electron chi connectivity index (χ2n) is 6.67. The van der Waals surface area contributed by atoms with Crippen LogP contribution in [0.4, 0.5) is 61.5 Å². The number of nitrogens with zero attached hydrogens (tertiary/aromatic N) is 1. The first kappa shape index (κ1) is 30.9. The third-order valence-electron chi connectivity index (χ3n) is 4.29. The Morgan fingerprint density at radius 2 is 1.19 bits per heavy atom. The molecule has 0 saturated heterocycles. The Bertz CT molecular complexity index is 574. The number of alkyl halides is 14. The number of hydrogen-bond donors (Lipinski definition) is 1. The molecule has 17 heteroatoms. The van der Waals surface area contributed by atoms with Gasteiger partial charge in [0.15, 0.2) is 6.04 Å². The summed E-state index contributed by atoms with van der Waals surface area (Å²) in [5.41, 5.74) is 0. The molecule has 3 nitrogen and oxygen atoms in total. The normalized spacial score (nSPS) is 18.6. The Hall–Kier alpha value is -1.10. The molecule has 0 saturated carbocycles. The highest BCUT2D eigenvalue weighted by Gasteiger charge is 2.64. The molecule has 0 bridgehead atoms. The molecule has 0 heterocycles. The van der Waals surface area contributed by atoms with E-state index in [2.05, 4.69) is 4.74 Å². The van der Waals surface area contributed by atoms with Crippen molar-refractivity contribution in [1.29, 1.82) is 0 Å². The van der Waals surface area contributed by atoms with Crippen molar-refractivity contribution in [3.8, 4) is 0 Å². The highest BCUT2D eigenvalue weighted by Crippen LogP contribution is 2.42. The highest BCUT2D eigenvalue weighted by atomic mass is 19.4. The van der Waals surface area contributed by atoms with E-state index in [9.17, 15) is 61.5 Å². The molecule has 0 aromatic rings. The summed E-state index contributed by atoms with van der Waals surface area (Å²) in [4.78, 5) is -0.144. The van der Waals surface area contributed by atoms with Gasteiger partial charge in [-0.15, -0.1) is 0 Å². The minimum Gasteiger partial charge on any atom is -0.363 e. The van der Waals surface area contributed by atoms with E-state index in [-0.39, 0.29) is 18.7 Å². The first-order valence-corrected chi connectivity index (χ1v) is 8.73. The van der Waals surface area contributed by atoms with Crippen LogP contribution < -0.4 is 5.32 Å². The zero-order valence-electron chi connectivity index (χ0n) is 16.6. The van der Waals surface area contributed by atoms with Gasteiger partial charge in [0, 0.05) is 13.1 Å². The Balaban J connectivity index is 5.73. The van der Waals surface area contributed by atoms with Gasteiger partial charge in [-0.05, 0) is 20.4 Å². The monoisotopic (exact) mass is 510 g/mol. The van der Waals surface area contributed by atoms with Gasteiger partial charge < -0.3 is 4.74 Å². The van der Waals surface area contributed by atoms with Crippen LogP contribution in [-0.2, 0) is 4.74 Å². The number of hydrogen-bond acceptors (Lipinski definition) is 3. The molecule has 4 atom stereocenters. The summed E-state index contributed by atoms with van der Waals surface area (Å²) < 4.78 is 186. The zero-order chi connectivity index (χ0) is 25.9. The van der Waals surface area contributed by atoms with Crippen molar-refractivity contribution in [3.05, 3.63) is 0 Å². The molecule has 0 fully saturated rings. The van der Waals surface area contributed by atoms with Gasteiger partial charge in [-0.1, -0.05) is 6.92 Å². The minimum atomic E-state index is -6.12. The van der Waals surface area contributed by atoms with E-state index in [0.717, 1.165) is 12.2 Å². The van der Waals surface area contributed by atoms with E-state index < -0.39 is 74.6 Å². The number of ether oxygens (including phenoxy) is 1. The second-order valence-corrected chi connectivity index (χ2v) is 6.67. The lowest BCUT2D eigenvalue weighted by atomic mass is 10.0. The maximum Gasteiger partial charge on any atom is 0.457 e. The first-order chi connectivity index (χ1) is 14.0. The van der Waals surface area contributed by atoms with E-state index >= 15 is 0 Å². The van der Waals surface area contributed by atoms with E-state index in [1.165, 1.54) is 0 Å². The van der Waals surface area contributed by atoms with Crippen LogP contribution in [0, 0.1) is 0 Å². The molecule has 0 rings (SSSR count). The fourth-order valence-corrected chi connectivity index (χ4v) is 2.61. The van der Waals surface area contributed by atoms with Crippen molar-refractivity contribution >= 4 is 0 Å². The smallest absolute Gasteiger partial charge is 0.363 e. The Labute approximate surface area is 173 Å². The van der Waals surface area contributed by atoms with E-state index in [1.807, 2.05) is 0 Å². The number of likely N-dealkylation sites (N-methyl/N-ethyl adjacent to an activating group) is 1. The topological polar surface area (TPSA) is 24.5 Å². The largest absolute Gasteiger partial charge is 0.457 e. The van der Waals surface area contributed by atoms with Crippen molar-refractivity contribution in [2.75, 3.05) is 19.6 Å². The van der Waals surface area contributed by atoms with Gasteiger partial charge in [0.25, 0.3) is 12.1 Å². The lowest BCUT2D eigenvalue weighted by molar-refractivity contribution is -0.303. The SMILES string of the molecule is CCN(CCNC(F)(F)F)C(C(F)(F)F)C(F)(F)C(C)OC(C)C(F)(F)C(F)C(F)(F)F. The van der Waals surface area contributed by atoms with Crippen LogP contribution in [0.25, 0.3) is 0 Å². The van der Waals surface area contributed by atoms with E-state index in [1.54, 1.807) is 0 Å². The number of rotatable bonds is 11. The molecule has 194 valence electrons. The van der Waals surface area contributed by atoms with Crippen LogP contribution in [0.2, 0.25) is 0 Å².